The van der Waals surface area contributed by atoms with Gasteiger partial charge in [-0.15, -0.1) is 0 Å². The van der Waals surface area contributed by atoms with Crippen molar-refractivity contribution in [2.24, 2.45) is 0 Å². The molecule has 2 N–H and O–H groups in total. The lowest BCUT2D eigenvalue weighted by atomic mass is 10.1. The van der Waals surface area contributed by atoms with Crippen LogP contribution in [0.15, 0.2) is 22.8 Å². The first-order valence-electron chi connectivity index (χ1n) is 7.54. The average Bonchev–Trinajstić information content (AvgIpc) is 3.12. The van der Waals surface area contributed by atoms with Gasteiger partial charge < -0.3 is 19.5 Å². The standard InChI is InChI=1S/C17H22N2O4/c1-10(7-8-13-6-5-9-23-13)18-16(20)15-11(2)14(12(3)19-15)17(21)22-4/h5-6,9-10,19H,7-8H2,1-4H3,(H,18,20)/t10-/m1/s1. The zero-order valence-electron chi connectivity index (χ0n) is 13.9. The van der Waals surface area contributed by atoms with Crippen molar-refractivity contribution in [3.05, 3.63) is 46.7 Å². The molecule has 6 nitrogen and oxygen atoms in total. The quantitative estimate of drug-likeness (QED) is 0.802. The lowest BCUT2D eigenvalue weighted by molar-refractivity contribution is 0.0599. The van der Waals surface area contributed by atoms with E-state index in [0.29, 0.717) is 22.5 Å². The van der Waals surface area contributed by atoms with Gasteiger partial charge in [0.05, 0.1) is 18.9 Å². The normalized spacial score (nSPS) is 12.0. The summed E-state index contributed by atoms with van der Waals surface area (Å²) in [4.78, 5) is 27.1. The van der Waals surface area contributed by atoms with E-state index in [-0.39, 0.29) is 11.9 Å². The largest absolute Gasteiger partial charge is 0.469 e. The molecule has 0 fully saturated rings. The highest BCUT2D eigenvalue weighted by atomic mass is 16.5. The number of carbonyl (C=O) groups excluding carboxylic acids is 2. The van der Waals surface area contributed by atoms with E-state index in [0.717, 1.165) is 18.6 Å². The summed E-state index contributed by atoms with van der Waals surface area (Å²) in [5.41, 5.74) is 2.04. The van der Waals surface area contributed by atoms with Crippen LogP contribution < -0.4 is 5.32 Å². The molecule has 2 aromatic rings. The molecule has 1 amide bonds. The van der Waals surface area contributed by atoms with Gasteiger partial charge in [-0.25, -0.2) is 4.79 Å². The van der Waals surface area contributed by atoms with E-state index in [2.05, 4.69) is 10.3 Å². The molecule has 0 aliphatic heterocycles. The fraction of sp³-hybridized carbons (Fsp3) is 0.412. The Kier molecular flexibility index (Phi) is 5.26. The van der Waals surface area contributed by atoms with Gasteiger partial charge in [-0.2, -0.15) is 0 Å². The molecule has 0 radical (unpaired) electrons. The van der Waals surface area contributed by atoms with Crippen LogP contribution in [0, 0.1) is 13.8 Å². The Hall–Kier alpha value is -2.50. The van der Waals surface area contributed by atoms with Gasteiger partial charge in [0.2, 0.25) is 0 Å². The summed E-state index contributed by atoms with van der Waals surface area (Å²) >= 11 is 0. The number of methoxy groups -OCH3 is 1. The fourth-order valence-corrected chi connectivity index (χ4v) is 2.57. The molecule has 23 heavy (non-hydrogen) atoms. The zero-order valence-corrected chi connectivity index (χ0v) is 13.9. The smallest absolute Gasteiger partial charge is 0.339 e. The van der Waals surface area contributed by atoms with Crippen LogP contribution in [-0.2, 0) is 11.2 Å². The maximum absolute atomic E-state index is 12.4. The number of H-pyrrole nitrogens is 1. The number of hydrogen-bond acceptors (Lipinski definition) is 4. The SMILES string of the molecule is COC(=O)c1c(C)[nH]c(C(=O)N[C@H](C)CCc2ccco2)c1C. The number of aryl methyl sites for hydroxylation is 2. The minimum atomic E-state index is -0.443. The summed E-state index contributed by atoms with van der Waals surface area (Å²) in [6.45, 7) is 5.42. The molecule has 0 spiro atoms. The number of rotatable bonds is 6. The van der Waals surface area contributed by atoms with Crippen molar-refractivity contribution in [3.63, 3.8) is 0 Å². The summed E-state index contributed by atoms with van der Waals surface area (Å²) in [6.07, 6.45) is 3.16. The second-order valence-electron chi connectivity index (χ2n) is 5.61. The number of nitrogens with one attached hydrogen (secondary N) is 2. The summed E-state index contributed by atoms with van der Waals surface area (Å²) in [6, 6.07) is 3.74. The van der Waals surface area contributed by atoms with Crippen LogP contribution in [0.4, 0.5) is 0 Å². The molecule has 2 aromatic heterocycles. The number of aromatic amines is 1. The van der Waals surface area contributed by atoms with E-state index in [9.17, 15) is 9.59 Å². The maximum Gasteiger partial charge on any atom is 0.339 e. The van der Waals surface area contributed by atoms with Gasteiger partial charge in [0.15, 0.2) is 0 Å². The van der Waals surface area contributed by atoms with E-state index < -0.39 is 5.97 Å². The Morgan fingerprint density at radius 3 is 2.74 bits per heavy atom. The Morgan fingerprint density at radius 1 is 1.39 bits per heavy atom. The Bertz CT molecular complexity index is 686. The van der Waals surface area contributed by atoms with Crippen molar-refractivity contribution in [1.82, 2.24) is 10.3 Å². The third kappa shape index (κ3) is 3.83. The van der Waals surface area contributed by atoms with Crippen molar-refractivity contribution in [2.75, 3.05) is 7.11 Å². The molecule has 1 atom stereocenters. The highest BCUT2D eigenvalue weighted by Crippen LogP contribution is 2.19. The average molecular weight is 318 g/mol. The second kappa shape index (κ2) is 7.17. The molecule has 0 unspecified atom stereocenters. The molecular weight excluding hydrogens is 296 g/mol. The van der Waals surface area contributed by atoms with Crippen LogP contribution in [0.1, 0.15) is 51.2 Å². The molecule has 2 rings (SSSR count). The van der Waals surface area contributed by atoms with E-state index in [4.69, 9.17) is 9.15 Å². The van der Waals surface area contributed by atoms with Crippen LogP contribution in [0.3, 0.4) is 0 Å². The highest BCUT2D eigenvalue weighted by Gasteiger charge is 2.23. The first-order chi connectivity index (χ1) is 10.9. The topological polar surface area (TPSA) is 84.3 Å². The molecule has 0 aliphatic carbocycles. The Balaban J connectivity index is 2.01. The lowest BCUT2D eigenvalue weighted by Crippen LogP contribution is -2.33. The second-order valence-corrected chi connectivity index (χ2v) is 5.61. The fourth-order valence-electron chi connectivity index (χ4n) is 2.57. The van der Waals surface area contributed by atoms with Crippen molar-refractivity contribution in [3.8, 4) is 0 Å². The van der Waals surface area contributed by atoms with Gasteiger partial charge in [-0.3, -0.25) is 4.79 Å². The minimum Gasteiger partial charge on any atom is -0.469 e. The van der Waals surface area contributed by atoms with Gasteiger partial charge >= 0.3 is 5.97 Å². The number of furan rings is 1. The predicted octanol–water partition coefficient (Wildman–Crippen LogP) is 2.76. The van der Waals surface area contributed by atoms with Crippen LogP contribution in [0.2, 0.25) is 0 Å². The van der Waals surface area contributed by atoms with Gasteiger partial charge in [-0.1, -0.05) is 0 Å². The molecule has 0 aliphatic rings. The van der Waals surface area contributed by atoms with E-state index in [1.807, 2.05) is 19.1 Å². The Labute approximate surface area is 135 Å². The molecule has 124 valence electrons. The number of aromatic nitrogens is 1. The molecule has 0 saturated carbocycles. The number of carbonyl (C=O) groups is 2. The Morgan fingerprint density at radius 2 is 2.13 bits per heavy atom. The van der Waals surface area contributed by atoms with Crippen molar-refractivity contribution >= 4 is 11.9 Å². The highest BCUT2D eigenvalue weighted by molar-refractivity contribution is 6.00. The van der Waals surface area contributed by atoms with Gasteiger partial charge in [-0.05, 0) is 44.9 Å². The van der Waals surface area contributed by atoms with E-state index in [1.165, 1.54) is 7.11 Å². The predicted molar refractivity (Wildman–Crippen MR) is 85.6 cm³/mol. The number of amides is 1. The van der Waals surface area contributed by atoms with E-state index >= 15 is 0 Å². The minimum absolute atomic E-state index is 0.0165. The first-order valence-corrected chi connectivity index (χ1v) is 7.54. The summed E-state index contributed by atoms with van der Waals surface area (Å²) in [5.74, 6) is 0.222. The summed E-state index contributed by atoms with van der Waals surface area (Å²) in [7, 11) is 1.32. The molecule has 6 heteroatoms. The first kappa shape index (κ1) is 16.9. The van der Waals surface area contributed by atoms with Crippen molar-refractivity contribution in [2.45, 2.75) is 39.7 Å². The number of esters is 1. The van der Waals surface area contributed by atoms with Crippen LogP contribution >= 0.6 is 0 Å². The summed E-state index contributed by atoms with van der Waals surface area (Å²) < 4.78 is 10.0. The van der Waals surface area contributed by atoms with Crippen LogP contribution in [0.5, 0.6) is 0 Å². The molecule has 0 saturated heterocycles. The molecular formula is C17H22N2O4. The van der Waals surface area contributed by atoms with Crippen molar-refractivity contribution < 1.29 is 18.7 Å². The van der Waals surface area contributed by atoms with Crippen LogP contribution in [-0.4, -0.2) is 30.0 Å². The monoisotopic (exact) mass is 318 g/mol. The van der Waals surface area contributed by atoms with Gasteiger partial charge in [0, 0.05) is 18.2 Å². The van der Waals surface area contributed by atoms with Gasteiger partial charge in [0.1, 0.15) is 11.5 Å². The number of ether oxygens (including phenoxy) is 1. The zero-order chi connectivity index (χ0) is 17.0. The van der Waals surface area contributed by atoms with Crippen LogP contribution in [0.25, 0.3) is 0 Å². The maximum atomic E-state index is 12.4. The van der Waals surface area contributed by atoms with Gasteiger partial charge in [0.25, 0.3) is 5.91 Å². The third-order valence-corrected chi connectivity index (χ3v) is 3.84. The molecule has 2 heterocycles. The molecule has 0 aromatic carbocycles. The lowest BCUT2D eigenvalue weighted by Gasteiger charge is -2.13. The summed E-state index contributed by atoms with van der Waals surface area (Å²) in [5, 5.41) is 2.93. The van der Waals surface area contributed by atoms with E-state index in [1.54, 1.807) is 20.1 Å². The molecule has 0 bridgehead atoms. The van der Waals surface area contributed by atoms with Crippen molar-refractivity contribution in [1.29, 1.82) is 0 Å². The third-order valence-electron chi connectivity index (χ3n) is 3.84. The number of hydrogen-bond donors (Lipinski definition) is 2.